The van der Waals surface area contributed by atoms with Crippen LogP contribution in [0, 0.1) is 4.64 Å². The maximum absolute atomic E-state index is 11.7. The first-order valence-electron chi connectivity index (χ1n) is 7.90. The highest BCUT2D eigenvalue weighted by Gasteiger charge is 2.12. The second kappa shape index (κ2) is 18.2. The van der Waals surface area contributed by atoms with Gasteiger partial charge in [0.05, 0.1) is 17.8 Å². The van der Waals surface area contributed by atoms with Crippen molar-refractivity contribution in [2.75, 3.05) is 24.5 Å². The fourth-order valence-corrected chi connectivity index (χ4v) is 2.55. The third-order valence-corrected chi connectivity index (χ3v) is 3.86. The molecule has 0 aliphatic heterocycles. The van der Waals surface area contributed by atoms with Crippen LogP contribution in [-0.2, 0) is 4.74 Å². The van der Waals surface area contributed by atoms with Gasteiger partial charge in [-0.15, -0.1) is 11.8 Å². The molecule has 0 aliphatic rings. The highest BCUT2D eigenvalue weighted by molar-refractivity contribution is 7.98. The van der Waals surface area contributed by atoms with E-state index in [9.17, 15) is 4.79 Å². The Bertz CT molecular complexity index is 915. The Morgan fingerprint density at radius 1 is 1.16 bits per heavy atom. The molecule has 0 saturated heterocycles. The van der Waals surface area contributed by atoms with Gasteiger partial charge in [0, 0.05) is 17.6 Å². The molecule has 0 saturated carbocycles. The van der Waals surface area contributed by atoms with Crippen LogP contribution < -0.4 is 10.5 Å². The molecule has 31 heavy (non-hydrogen) atoms. The number of anilines is 1. The number of rotatable bonds is 5. The number of carbonyl (C=O) groups excluding carboxylic acids is 1. The maximum Gasteiger partial charge on any atom is 0.354 e. The van der Waals surface area contributed by atoms with Crippen molar-refractivity contribution in [3.05, 3.63) is 52.9 Å². The highest BCUT2D eigenvalue weighted by atomic mass is 32.2. The number of pyridine rings is 1. The summed E-state index contributed by atoms with van der Waals surface area (Å²) < 4.78 is 11.2. The molecule has 12 heteroatoms. The Morgan fingerprint density at radius 2 is 1.84 bits per heavy atom. The van der Waals surface area contributed by atoms with Crippen molar-refractivity contribution in [3.8, 4) is 5.75 Å². The average molecular weight is 480 g/mol. The number of ether oxygens (including phenoxy) is 2. The minimum Gasteiger partial charge on any atom is -0.483 e. The molecular formula is C19H33N3O7S2. The zero-order valence-electron chi connectivity index (χ0n) is 16.6. The van der Waals surface area contributed by atoms with Gasteiger partial charge in [-0.3, -0.25) is 0 Å². The number of aromatic amines is 2. The van der Waals surface area contributed by atoms with Crippen molar-refractivity contribution in [2.24, 2.45) is 0 Å². The molecule has 0 atom stereocenters. The summed E-state index contributed by atoms with van der Waals surface area (Å²) in [5.41, 5.74) is 7.61. The second-order valence-corrected chi connectivity index (χ2v) is 6.41. The molecule has 178 valence electrons. The summed E-state index contributed by atoms with van der Waals surface area (Å²) in [4.78, 5) is 17.5. The number of esters is 1. The van der Waals surface area contributed by atoms with Gasteiger partial charge in [-0.05, 0) is 37.4 Å². The van der Waals surface area contributed by atoms with E-state index in [1.807, 2.05) is 36.7 Å². The van der Waals surface area contributed by atoms with Gasteiger partial charge in [-0.2, -0.15) is 0 Å². The highest BCUT2D eigenvalue weighted by Crippen LogP contribution is 2.28. The second-order valence-electron chi connectivity index (χ2n) is 5.16. The third kappa shape index (κ3) is 10.8. The molecule has 2 aromatic heterocycles. The van der Waals surface area contributed by atoms with Gasteiger partial charge in [0.2, 0.25) is 0 Å². The number of H-pyrrole nitrogens is 2. The van der Waals surface area contributed by atoms with E-state index in [0.29, 0.717) is 29.7 Å². The van der Waals surface area contributed by atoms with E-state index in [2.05, 4.69) is 9.97 Å². The Hall–Kier alpha value is -2.61. The van der Waals surface area contributed by atoms with Crippen molar-refractivity contribution < 1.29 is 36.2 Å². The first kappa shape index (κ1) is 35.8. The molecule has 0 fully saturated rings. The lowest BCUT2D eigenvalue weighted by Crippen LogP contribution is -2.04. The predicted octanol–water partition coefficient (Wildman–Crippen LogP) is 1.71. The fourth-order valence-electron chi connectivity index (χ4n) is 2.15. The van der Waals surface area contributed by atoms with E-state index < -0.39 is 0 Å². The van der Waals surface area contributed by atoms with Crippen molar-refractivity contribution in [1.29, 1.82) is 0 Å². The number of aromatic nitrogens is 2. The summed E-state index contributed by atoms with van der Waals surface area (Å²) >= 11 is 6.34. The van der Waals surface area contributed by atoms with Gasteiger partial charge in [-0.1, -0.05) is 25.7 Å². The minimum atomic E-state index is -0.385. The number of nitrogen functional groups attached to an aromatic ring is 1. The van der Waals surface area contributed by atoms with Crippen LogP contribution in [-0.4, -0.2) is 56.6 Å². The Balaban J connectivity index is -0.000000264. The number of nitrogens with one attached hydrogen (secondary N) is 2. The standard InChI is InChI=1S/C13H16N2O3S.C5H5NS.CH4.4H2O/c1-3-17-13(16)11-5-8-4-9(18-7-19-2)6-10(14)12(8)15-11;7-5-3-1-2-4-6-5;;;;;/h4-6,15H,3,7,14H2,1-2H3;1-4H,(H,6,7);1H4;4*1H2. The fraction of sp³-hybridized carbons (Fsp3) is 0.263. The van der Waals surface area contributed by atoms with E-state index in [-0.39, 0.29) is 35.3 Å². The summed E-state index contributed by atoms with van der Waals surface area (Å²) in [7, 11) is 0. The van der Waals surface area contributed by atoms with Crippen LogP contribution in [0.2, 0.25) is 0 Å². The zero-order chi connectivity index (χ0) is 18.9. The van der Waals surface area contributed by atoms with Crippen molar-refractivity contribution in [1.82, 2.24) is 9.97 Å². The molecule has 3 rings (SSSR count). The lowest BCUT2D eigenvalue weighted by Gasteiger charge is -2.05. The number of carbonyl (C=O) groups is 1. The van der Waals surface area contributed by atoms with Crippen LogP contribution in [0.25, 0.3) is 10.9 Å². The molecular weight excluding hydrogens is 446 g/mol. The van der Waals surface area contributed by atoms with Crippen LogP contribution >= 0.6 is 24.0 Å². The van der Waals surface area contributed by atoms with E-state index in [1.54, 1.807) is 30.8 Å². The summed E-state index contributed by atoms with van der Waals surface area (Å²) in [5.74, 6) is 0.860. The van der Waals surface area contributed by atoms with E-state index >= 15 is 0 Å². The molecule has 10 nitrogen and oxygen atoms in total. The summed E-state index contributed by atoms with van der Waals surface area (Å²) in [6, 6.07) is 10.9. The van der Waals surface area contributed by atoms with Crippen LogP contribution in [0.1, 0.15) is 24.8 Å². The van der Waals surface area contributed by atoms with Crippen molar-refractivity contribution in [3.63, 3.8) is 0 Å². The number of hydrogen-bond acceptors (Lipinski definition) is 6. The van der Waals surface area contributed by atoms with Crippen LogP contribution in [0.15, 0.2) is 42.6 Å². The topological polar surface area (TPSA) is 219 Å². The molecule has 3 aromatic rings. The molecule has 12 N–H and O–H groups in total. The van der Waals surface area contributed by atoms with Gasteiger partial charge >= 0.3 is 5.97 Å². The van der Waals surface area contributed by atoms with Crippen molar-refractivity contribution in [2.45, 2.75) is 14.4 Å². The zero-order valence-corrected chi connectivity index (χ0v) is 18.2. The normalized spacial score (nSPS) is 8.45. The van der Waals surface area contributed by atoms with Crippen molar-refractivity contribution >= 4 is 46.5 Å². The molecule has 1 aromatic carbocycles. The largest absolute Gasteiger partial charge is 0.483 e. The Morgan fingerprint density at radius 3 is 2.32 bits per heavy atom. The minimum absolute atomic E-state index is 0. The Kier molecular flexibility index (Phi) is 21.0. The number of nitrogens with two attached hydrogens (primary N) is 1. The van der Waals surface area contributed by atoms with Crippen LogP contribution in [0.5, 0.6) is 5.75 Å². The SMILES string of the molecule is C.CCOC(=O)c1cc2cc(OCSC)cc(N)c2[nH]1.O.O.O.O.S=c1cccc[nH]1. The number of thioether (sulfide) groups is 1. The van der Waals surface area contributed by atoms with Gasteiger partial charge < -0.3 is 47.1 Å². The first-order valence-corrected chi connectivity index (χ1v) is 9.70. The summed E-state index contributed by atoms with van der Waals surface area (Å²) in [6.45, 7) is 2.11. The van der Waals surface area contributed by atoms with Crippen LogP contribution in [0.4, 0.5) is 5.69 Å². The smallest absolute Gasteiger partial charge is 0.354 e. The molecule has 0 unspecified atom stereocenters. The van der Waals surface area contributed by atoms with Gasteiger partial charge in [0.25, 0.3) is 0 Å². The number of hydrogen-bond donors (Lipinski definition) is 3. The lowest BCUT2D eigenvalue weighted by molar-refractivity contribution is 0.0520. The summed E-state index contributed by atoms with van der Waals surface area (Å²) in [6.07, 6.45) is 3.76. The van der Waals surface area contributed by atoms with Crippen LogP contribution in [0.3, 0.4) is 0 Å². The molecule has 0 bridgehead atoms. The molecule has 0 amide bonds. The Labute approximate surface area is 190 Å². The predicted molar refractivity (Wildman–Crippen MR) is 130 cm³/mol. The molecule has 0 spiro atoms. The summed E-state index contributed by atoms with van der Waals surface area (Å²) in [5, 5.41) is 0.833. The third-order valence-electron chi connectivity index (χ3n) is 3.25. The molecule has 0 aliphatic carbocycles. The first-order chi connectivity index (χ1) is 12.5. The monoisotopic (exact) mass is 479 g/mol. The molecule has 0 radical (unpaired) electrons. The van der Waals surface area contributed by atoms with E-state index in [4.69, 9.17) is 27.4 Å². The van der Waals surface area contributed by atoms with Gasteiger partial charge in [-0.25, -0.2) is 4.79 Å². The van der Waals surface area contributed by atoms with E-state index in [1.165, 1.54) is 0 Å². The quantitative estimate of drug-likeness (QED) is 0.214. The molecule has 2 heterocycles. The van der Waals surface area contributed by atoms with E-state index in [0.717, 1.165) is 15.5 Å². The maximum atomic E-state index is 11.7. The van der Waals surface area contributed by atoms with Gasteiger partial charge in [0.1, 0.15) is 22.0 Å². The van der Waals surface area contributed by atoms with Gasteiger partial charge in [0.15, 0.2) is 0 Å². The lowest BCUT2D eigenvalue weighted by atomic mass is 10.2. The number of benzene rings is 1. The average Bonchev–Trinajstić information content (AvgIpc) is 3.06. The number of fused-ring (bicyclic) bond motifs is 1.